The van der Waals surface area contributed by atoms with Crippen molar-refractivity contribution >= 4 is 47.2 Å². The number of aromatic nitrogens is 1. The first-order valence-electron chi connectivity index (χ1n) is 7.75. The van der Waals surface area contributed by atoms with E-state index in [2.05, 4.69) is 25.1 Å². The summed E-state index contributed by atoms with van der Waals surface area (Å²) >= 11 is 1.65. The largest absolute Gasteiger partial charge is 0.368 e. The number of nitrogens with one attached hydrogen (secondary N) is 1. The maximum absolute atomic E-state index is 11.6. The van der Waals surface area contributed by atoms with Crippen molar-refractivity contribution in [3.63, 3.8) is 0 Å². The zero-order valence-electron chi connectivity index (χ0n) is 14.7. The number of carbonyl (C=O) groups is 1. The molecule has 0 unspecified atom stereocenters. The number of rotatable bonds is 4. The number of nitrogens with two attached hydrogens (primary N) is 1. The molecule has 0 aliphatic carbocycles. The lowest BCUT2D eigenvalue weighted by Gasteiger charge is -2.43. The average Bonchev–Trinajstić information content (AvgIpc) is 2.93. The fourth-order valence-corrected chi connectivity index (χ4v) is 3.34. The highest BCUT2D eigenvalue weighted by Gasteiger charge is 2.35. The van der Waals surface area contributed by atoms with E-state index in [1.807, 2.05) is 26.3 Å². The van der Waals surface area contributed by atoms with E-state index >= 15 is 0 Å². The van der Waals surface area contributed by atoms with Crippen LogP contribution in [0.3, 0.4) is 0 Å². The van der Waals surface area contributed by atoms with Crippen molar-refractivity contribution in [3.05, 3.63) is 16.1 Å². The maximum Gasteiger partial charge on any atom is 0.237 e. The molecule has 7 nitrogen and oxygen atoms in total. The summed E-state index contributed by atoms with van der Waals surface area (Å²) in [6, 6.07) is 0. The van der Waals surface area contributed by atoms with E-state index in [9.17, 15) is 4.79 Å². The lowest BCUT2D eigenvalue weighted by Crippen LogP contribution is -2.61. The number of piperazine rings is 1. The number of primary amides is 1. The highest BCUT2D eigenvalue weighted by Crippen LogP contribution is 2.17. The van der Waals surface area contributed by atoms with Crippen LogP contribution in [0.25, 0.3) is 0 Å². The predicted octanol–water partition coefficient (Wildman–Crippen LogP) is 1.03. The van der Waals surface area contributed by atoms with Gasteiger partial charge in [-0.15, -0.1) is 35.3 Å². The Hall–Kier alpha value is -0.940. The summed E-state index contributed by atoms with van der Waals surface area (Å²) in [5, 5.41) is 3.39. The van der Waals surface area contributed by atoms with Crippen LogP contribution in [0, 0.1) is 6.92 Å². The van der Waals surface area contributed by atoms with Gasteiger partial charge in [0.1, 0.15) is 0 Å². The molecule has 1 aromatic heterocycles. The van der Waals surface area contributed by atoms with Gasteiger partial charge < -0.3 is 16.0 Å². The third kappa shape index (κ3) is 4.79. The quantitative estimate of drug-likeness (QED) is 0.393. The molecule has 0 bridgehead atoms. The number of amides is 1. The molecule has 0 spiro atoms. The number of aryl methyl sites for hydroxylation is 1. The molecule has 1 aliphatic heterocycles. The second-order valence-electron chi connectivity index (χ2n) is 6.16. The minimum atomic E-state index is -0.608. The molecule has 2 rings (SSSR count). The van der Waals surface area contributed by atoms with Crippen molar-refractivity contribution in [1.29, 1.82) is 0 Å². The number of thiazole rings is 1. The van der Waals surface area contributed by atoms with E-state index in [1.165, 1.54) is 4.88 Å². The van der Waals surface area contributed by atoms with E-state index in [0.29, 0.717) is 0 Å². The van der Waals surface area contributed by atoms with Crippen molar-refractivity contribution in [2.75, 3.05) is 33.2 Å². The normalized spacial score (nSPS) is 16.7. The summed E-state index contributed by atoms with van der Waals surface area (Å²) in [6.45, 7) is 9.72. The molecular formula is C15H27IN6OS. The monoisotopic (exact) mass is 466 g/mol. The number of hydrogen-bond acceptors (Lipinski definition) is 5. The molecule has 24 heavy (non-hydrogen) atoms. The fraction of sp³-hybridized carbons (Fsp3) is 0.667. The molecule has 1 saturated heterocycles. The van der Waals surface area contributed by atoms with Gasteiger partial charge in [-0.05, 0) is 20.8 Å². The minimum absolute atomic E-state index is 0. The molecule has 1 aromatic rings. The Bertz CT molecular complexity index is 580. The number of carbonyl (C=O) groups excluding carboxylic acids is 1. The minimum Gasteiger partial charge on any atom is -0.368 e. The Morgan fingerprint density at radius 1 is 1.42 bits per heavy atom. The molecule has 1 fully saturated rings. The van der Waals surface area contributed by atoms with Gasteiger partial charge in [-0.25, -0.2) is 4.98 Å². The van der Waals surface area contributed by atoms with Crippen molar-refractivity contribution in [1.82, 2.24) is 20.1 Å². The van der Waals surface area contributed by atoms with Crippen LogP contribution >= 0.6 is 35.3 Å². The van der Waals surface area contributed by atoms with Crippen LogP contribution in [-0.2, 0) is 11.3 Å². The van der Waals surface area contributed by atoms with Gasteiger partial charge in [0.25, 0.3) is 0 Å². The van der Waals surface area contributed by atoms with Crippen molar-refractivity contribution in [3.8, 4) is 0 Å². The number of nitrogens with zero attached hydrogens (tertiary/aromatic N) is 4. The summed E-state index contributed by atoms with van der Waals surface area (Å²) in [5.74, 6) is 0.600. The topological polar surface area (TPSA) is 86.8 Å². The van der Waals surface area contributed by atoms with E-state index in [4.69, 9.17) is 5.73 Å². The Kier molecular flexibility index (Phi) is 7.87. The zero-order chi connectivity index (χ0) is 17.0. The molecular weight excluding hydrogens is 439 g/mol. The first-order chi connectivity index (χ1) is 10.9. The van der Waals surface area contributed by atoms with Gasteiger partial charge >= 0.3 is 0 Å². The van der Waals surface area contributed by atoms with Gasteiger partial charge in [0.2, 0.25) is 5.91 Å². The molecule has 9 heteroatoms. The second kappa shape index (κ2) is 8.95. The van der Waals surface area contributed by atoms with Crippen molar-refractivity contribution in [2.24, 2.45) is 10.7 Å². The fourth-order valence-electron chi connectivity index (χ4n) is 2.62. The van der Waals surface area contributed by atoms with Gasteiger partial charge in [0, 0.05) is 38.1 Å². The third-order valence-electron chi connectivity index (χ3n) is 4.44. The van der Waals surface area contributed by atoms with Gasteiger partial charge in [-0.1, -0.05) is 0 Å². The SMILES string of the molecule is CN=C(NCc1scnc1C)N1CCN(C(C)(C)C(N)=O)CC1.I. The number of halogens is 1. The van der Waals surface area contributed by atoms with E-state index in [0.717, 1.165) is 44.4 Å². The molecule has 0 atom stereocenters. The molecule has 1 aliphatic rings. The second-order valence-corrected chi connectivity index (χ2v) is 7.10. The van der Waals surface area contributed by atoms with E-state index < -0.39 is 5.54 Å². The Balaban J connectivity index is 0.00000288. The van der Waals surface area contributed by atoms with Gasteiger partial charge in [-0.2, -0.15) is 0 Å². The molecule has 0 aromatic carbocycles. The van der Waals surface area contributed by atoms with E-state index in [1.54, 1.807) is 18.4 Å². The number of hydrogen-bond donors (Lipinski definition) is 2. The Morgan fingerprint density at radius 2 is 2.04 bits per heavy atom. The van der Waals surface area contributed by atoms with Crippen LogP contribution in [0.5, 0.6) is 0 Å². The van der Waals surface area contributed by atoms with Gasteiger partial charge in [0.15, 0.2) is 5.96 Å². The van der Waals surface area contributed by atoms with Crippen LogP contribution in [0.15, 0.2) is 10.5 Å². The molecule has 3 N–H and O–H groups in total. The summed E-state index contributed by atoms with van der Waals surface area (Å²) < 4.78 is 0. The summed E-state index contributed by atoms with van der Waals surface area (Å²) in [6.07, 6.45) is 0. The van der Waals surface area contributed by atoms with Crippen molar-refractivity contribution < 1.29 is 4.79 Å². The van der Waals surface area contributed by atoms with E-state index in [-0.39, 0.29) is 29.9 Å². The smallest absolute Gasteiger partial charge is 0.237 e. The first kappa shape index (κ1) is 21.1. The molecule has 0 radical (unpaired) electrons. The van der Waals surface area contributed by atoms with Crippen molar-refractivity contribution in [2.45, 2.75) is 32.9 Å². The highest BCUT2D eigenvalue weighted by molar-refractivity contribution is 14.0. The summed E-state index contributed by atoms with van der Waals surface area (Å²) in [7, 11) is 1.79. The lowest BCUT2D eigenvalue weighted by atomic mass is 10.0. The lowest BCUT2D eigenvalue weighted by molar-refractivity contribution is -0.129. The molecule has 0 saturated carbocycles. The van der Waals surface area contributed by atoms with Gasteiger partial charge in [0.05, 0.1) is 23.3 Å². The summed E-state index contributed by atoms with van der Waals surface area (Å²) in [5.41, 5.74) is 7.82. The first-order valence-corrected chi connectivity index (χ1v) is 8.63. The van der Waals surface area contributed by atoms with Crippen LogP contribution in [-0.4, -0.2) is 65.4 Å². The Labute approximate surface area is 164 Å². The van der Waals surface area contributed by atoms with Crippen LogP contribution in [0.1, 0.15) is 24.4 Å². The Morgan fingerprint density at radius 3 is 2.50 bits per heavy atom. The number of aliphatic imine (C=N–C) groups is 1. The van der Waals surface area contributed by atoms with Gasteiger partial charge in [-0.3, -0.25) is 14.7 Å². The molecule has 136 valence electrons. The van der Waals surface area contributed by atoms with Crippen LogP contribution < -0.4 is 11.1 Å². The number of guanidine groups is 1. The average molecular weight is 466 g/mol. The summed E-state index contributed by atoms with van der Waals surface area (Å²) in [4.78, 5) is 25.8. The molecule has 2 heterocycles. The standard InChI is InChI=1S/C15H26N6OS.HI/c1-11-12(23-10-19-11)9-18-14(17-4)20-5-7-21(8-6-20)15(2,3)13(16)22;/h10H,5-9H2,1-4H3,(H2,16,22)(H,17,18);1H. The maximum atomic E-state index is 11.6. The van der Waals surface area contributed by atoms with Crippen LogP contribution in [0.4, 0.5) is 0 Å². The third-order valence-corrected chi connectivity index (χ3v) is 5.37. The van der Waals surface area contributed by atoms with Crippen LogP contribution in [0.2, 0.25) is 0 Å². The molecule has 1 amide bonds. The predicted molar refractivity (Wildman–Crippen MR) is 109 cm³/mol. The highest BCUT2D eigenvalue weighted by atomic mass is 127. The zero-order valence-corrected chi connectivity index (χ0v) is 17.9.